The molecule has 2 N–H and O–H groups in total. The van der Waals surface area contributed by atoms with Crippen molar-refractivity contribution in [3.8, 4) is 5.75 Å². The van der Waals surface area contributed by atoms with E-state index < -0.39 is 5.60 Å². The molecule has 82 valence electrons. The molecule has 0 bridgehead atoms. The number of halogens is 1. The van der Waals surface area contributed by atoms with E-state index >= 15 is 0 Å². The minimum atomic E-state index is -0.590. The molecule has 1 aliphatic carbocycles. The second-order valence-electron chi connectivity index (χ2n) is 4.34. The molecule has 1 saturated carbocycles. The highest BCUT2D eigenvalue weighted by atomic mass is 35.5. The summed E-state index contributed by atoms with van der Waals surface area (Å²) in [6.45, 7) is 2.04. The zero-order valence-corrected chi connectivity index (χ0v) is 9.51. The number of aromatic hydroxyl groups is 1. The molecule has 3 heteroatoms. The van der Waals surface area contributed by atoms with Gasteiger partial charge in [0.1, 0.15) is 5.75 Å². The van der Waals surface area contributed by atoms with Gasteiger partial charge in [-0.1, -0.05) is 24.6 Å². The van der Waals surface area contributed by atoms with Crippen LogP contribution in [-0.2, 0) is 12.8 Å². The van der Waals surface area contributed by atoms with Crippen LogP contribution in [0, 0.1) is 0 Å². The summed E-state index contributed by atoms with van der Waals surface area (Å²) in [6.07, 6.45) is 3.03. The molecule has 0 aromatic heterocycles. The molecule has 2 rings (SSSR count). The summed E-state index contributed by atoms with van der Waals surface area (Å²) < 4.78 is 0. The Bertz CT molecular complexity index is 383. The summed E-state index contributed by atoms with van der Waals surface area (Å²) in [7, 11) is 0. The van der Waals surface area contributed by atoms with Gasteiger partial charge in [0.2, 0.25) is 0 Å². The van der Waals surface area contributed by atoms with E-state index in [0.717, 1.165) is 30.4 Å². The molecular weight excluding hydrogens is 212 g/mol. The SMILES string of the molecule is CCc1cc(Cl)c(O)c(CC2(O)CC2)c1. The minimum Gasteiger partial charge on any atom is -0.506 e. The van der Waals surface area contributed by atoms with Crippen LogP contribution in [0.2, 0.25) is 5.02 Å². The first-order valence-corrected chi connectivity index (χ1v) is 5.64. The molecule has 1 aromatic rings. The van der Waals surface area contributed by atoms with Crippen LogP contribution >= 0.6 is 11.6 Å². The molecule has 1 aliphatic rings. The van der Waals surface area contributed by atoms with Gasteiger partial charge in [0.05, 0.1) is 10.6 Å². The van der Waals surface area contributed by atoms with Gasteiger partial charge in [0.15, 0.2) is 0 Å². The van der Waals surface area contributed by atoms with Crippen molar-refractivity contribution >= 4 is 11.6 Å². The summed E-state index contributed by atoms with van der Waals surface area (Å²) in [6, 6.07) is 3.70. The molecule has 0 heterocycles. The second-order valence-corrected chi connectivity index (χ2v) is 4.75. The number of phenols is 1. The van der Waals surface area contributed by atoms with Crippen LogP contribution in [-0.4, -0.2) is 15.8 Å². The number of hydrogen-bond acceptors (Lipinski definition) is 2. The number of aliphatic hydroxyl groups is 1. The van der Waals surface area contributed by atoms with Crippen LogP contribution in [0.3, 0.4) is 0 Å². The van der Waals surface area contributed by atoms with Gasteiger partial charge in [-0.25, -0.2) is 0 Å². The largest absolute Gasteiger partial charge is 0.506 e. The molecule has 0 amide bonds. The third kappa shape index (κ3) is 2.27. The van der Waals surface area contributed by atoms with Crippen molar-refractivity contribution in [1.82, 2.24) is 0 Å². The van der Waals surface area contributed by atoms with E-state index in [9.17, 15) is 10.2 Å². The third-order valence-corrected chi connectivity index (χ3v) is 3.25. The highest BCUT2D eigenvalue weighted by molar-refractivity contribution is 6.32. The van der Waals surface area contributed by atoms with Crippen molar-refractivity contribution in [1.29, 1.82) is 0 Å². The molecule has 0 aliphatic heterocycles. The van der Waals surface area contributed by atoms with Crippen LogP contribution in [0.1, 0.15) is 30.9 Å². The molecule has 0 radical (unpaired) electrons. The van der Waals surface area contributed by atoms with Gasteiger partial charge in [-0.05, 0) is 36.5 Å². The fourth-order valence-electron chi connectivity index (χ4n) is 1.73. The van der Waals surface area contributed by atoms with Gasteiger partial charge >= 0.3 is 0 Å². The smallest absolute Gasteiger partial charge is 0.137 e. The van der Waals surface area contributed by atoms with E-state index in [2.05, 4.69) is 0 Å². The van der Waals surface area contributed by atoms with Gasteiger partial charge in [0.25, 0.3) is 0 Å². The molecule has 15 heavy (non-hydrogen) atoms. The molecular formula is C12H15ClO2. The van der Waals surface area contributed by atoms with Gasteiger partial charge in [-0.2, -0.15) is 0 Å². The highest BCUT2D eigenvalue weighted by Gasteiger charge is 2.40. The summed E-state index contributed by atoms with van der Waals surface area (Å²) >= 11 is 5.92. The van der Waals surface area contributed by atoms with E-state index in [4.69, 9.17) is 11.6 Å². The Morgan fingerprint density at radius 3 is 2.60 bits per heavy atom. The Hall–Kier alpha value is -0.730. The quantitative estimate of drug-likeness (QED) is 0.832. The molecule has 1 fully saturated rings. The van der Waals surface area contributed by atoms with Crippen molar-refractivity contribution in [2.75, 3.05) is 0 Å². The first-order chi connectivity index (χ1) is 7.04. The predicted octanol–water partition coefficient (Wildman–Crippen LogP) is 2.68. The summed E-state index contributed by atoms with van der Waals surface area (Å²) in [5.74, 6) is 0.120. The maximum atomic E-state index is 9.81. The summed E-state index contributed by atoms with van der Waals surface area (Å²) in [5.41, 5.74) is 1.27. The zero-order valence-electron chi connectivity index (χ0n) is 8.76. The highest BCUT2D eigenvalue weighted by Crippen LogP contribution is 2.41. The Kier molecular flexibility index (Phi) is 2.65. The van der Waals surface area contributed by atoms with Crippen molar-refractivity contribution < 1.29 is 10.2 Å². The van der Waals surface area contributed by atoms with E-state index in [1.165, 1.54) is 0 Å². The molecule has 0 spiro atoms. The Labute approximate surface area is 94.5 Å². The summed E-state index contributed by atoms with van der Waals surface area (Å²) in [4.78, 5) is 0. The van der Waals surface area contributed by atoms with E-state index in [1.54, 1.807) is 6.07 Å². The fraction of sp³-hybridized carbons (Fsp3) is 0.500. The molecule has 0 atom stereocenters. The molecule has 1 aromatic carbocycles. The molecule has 2 nitrogen and oxygen atoms in total. The normalized spacial score (nSPS) is 17.8. The lowest BCUT2D eigenvalue weighted by Gasteiger charge is -2.12. The molecule has 0 unspecified atom stereocenters. The van der Waals surface area contributed by atoms with Crippen molar-refractivity contribution in [3.05, 3.63) is 28.3 Å². The van der Waals surface area contributed by atoms with Gasteiger partial charge in [-0.15, -0.1) is 0 Å². The van der Waals surface area contributed by atoms with Crippen molar-refractivity contribution in [2.45, 2.75) is 38.2 Å². The zero-order chi connectivity index (χ0) is 11.1. The number of benzene rings is 1. The maximum absolute atomic E-state index is 9.81. The Morgan fingerprint density at radius 1 is 1.40 bits per heavy atom. The average Bonchev–Trinajstić information content (AvgIpc) is 2.91. The standard InChI is InChI=1S/C12H15ClO2/c1-2-8-5-9(7-12(15)3-4-12)11(14)10(13)6-8/h5-6,14-15H,2-4,7H2,1H3. The van der Waals surface area contributed by atoms with Crippen LogP contribution in [0.5, 0.6) is 5.75 Å². The monoisotopic (exact) mass is 226 g/mol. The topological polar surface area (TPSA) is 40.5 Å². The van der Waals surface area contributed by atoms with E-state index in [-0.39, 0.29) is 5.75 Å². The number of aryl methyl sites for hydroxylation is 1. The second kappa shape index (κ2) is 3.69. The van der Waals surface area contributed by atoms with Crippen molar-refractivity contribution in [2.24, 2.45) is 0 Å². The number of rotatable bonds is 3. The van der Waals surface area contributed by atoms with Crippen LogP contribution < -0.4 is 0 Å². The maximum Gasteiger partial charge on any atom is 0.137 e. The summed E-state index contributed by atoms with van der Waals surface area (Å²) in [5, 5.41) is 20.0. The Balaban J connectivity index is 2.31. The van der Waals surface area contributed by atoms with Gasteiger partial charge in [-0.3, -0.25) is 0 Å². The van der Waals surface area contributed by atoms with Crippen LogP contribution in [0.25, 0.3) is 0 Å². The number of hydrogen-bond donors (Lipinski definition) is 2. The number of phenolic OH excluding ortho intramolecular Hbond substituents is 1. The first-order valence-electron chi connectivity index (χ1n) is 5.27. The van der Waals surface area contributed by atoms with E-state index in [1.807, 2.05) is 13.0 Å². The average molecular weight is 227 g/mol. The molecule has 0 saturated heterocycles. The van der Waals surface area contributed by atoms with Crippen molar-refractivity contribution in [3.63, 3.8) is 0 Å². The first kappa shape index (κ1) is 10.8. The third-order valence-electron chi connectivity index (χ3n) is 2.96. The Morgan fingerprint density at radius 2 is 2.07 bits per heavy atom. The van der Waals surface area contributed by atoms with Crippen LogP contribution in [0.15, 0.2) is 12.1 Å². The minimum absolute atomic E-state index is 0.120. The lowest BCUT2D eigenvalue weighted by Crippen LogP contribution is -2.11. The fourth-order valence-corrected chi connectivity index (χ4v) is 1.99. The predicted molar refractivity (Wildman–Crippen MR) is 60.4 cm³/mol. The lowest BCUT2D eigenvalue weighted by atomic mass is 10.0. The van der Waals surface area contributed by atoms with Gasteiger partial charge < -0.3 is 10.2 Å². The lowest BCUT2D eigenvalue weighted by molar-refractivity contribution is 0.150. The van der Waals surface area contributed by atoms with Crippen LogP contribution in [0.4, 0.5) is 0 Å². The van der Waals surface area contributed by atoms with Gasteiger partial charge in [0, 0.05) is 6.42 Å². The van der Waals surface area contributed by atoms with E-state index in [0.29, 0.717) is 11.4 Å².